The number of hydrogen-bond acceptors (Lipinski definition) is 5. The Hall–Kier alpha value is -1.47. The SMILES string of the molecule is Cc1ncc(CNc2ccc([N+](=O)[O-])cc2Br)s1. The van der Waals surface area contributed by atoms with E-state index in [-0.39, 0.29) is 5.69 Å². The van der Waals surface area contributed by atoms with E-state index in [4.69, 9.17) is 0 Å². The zero-order valence-electron chi connectivity index (χ0n) is 9.51. The van der Waals surface area contributed by atoms with Crippen molar-refractivity contribution in [2.45, 2.75) is 13.5 Å². The number of nitrogens with one attached hydrogen (secondary N) is 1. The number of thiazole rings is 1. The van der Waals surface area contributed by atoms with Crippen LogP contribution in [0.4, 0.5) is 11.4 Å². The topological polar surface area (TPSA) is 68.1 Å². The van der Waals surface area contributed by atoms with Gasteiger partial charge in [-0.2, -0.15) is 0 Å². The lowest BCUT2D eigenvalue weighted by Gasteiger charge is -2.06. The molecule has 0 unspecified atom stereocenters. The van der Waals surface area contributed by atoms with Gasteiger partial charge in [-0.25, -0.2) is 4.98 Å². The smallest absolute Gasteiger partial charge is 0.270 e. The van der Waals surface area contributed by atoms with Crippen molar-refractivity contribution >= 4 is 38.6 Å². The predicted molar refractivity (Wildman–Crippen MR) is 75.0 cm³/mol. The zero-order valence-corrected chi connectivity index (χ0v) is 11.9. The van der Waals surface area contributed by atoms with Crippen LogP contribution in [0.1, 0.15) is 9.88 Å². The molecule has 0 aliphatic heterocycles. The number of halogens is 1. The lowest BCUT2D eigenvalue weighted by Crippen LogP contribution is -1.98. The predicted octanol–water partition coefficient (Wildman–Crippen LogP) is 3.73. The van der Waals surface area contributed by atoms with Crippen molar-refractivity contribution in [3.63, 3.8) is 0 Å². The monoisotopic (exact) mass is 327 g/mol. The van der Waals surface area contributed by atoms with E-state index in [1.165, 1.54) is 12.1 Å². The fourth-order valence-electron chi connectivity index (χ4n) is 1.43. The van der Waals surface area contributed by atoms with Crippen molar-refractivity contribution in [3.8, 4) is 0 Å². The van der Waals surface area contributed by atoms with Gasteiger partial charge < -0.3 is 5.32 Å². The quantitative estimate of drug-likeness (QED) is 0.686. The Bertz CT molecular complexity index is 585. The maximum atomic E-state index is 10.6. The van der Waals surface area contributed by atoms with E-state index in [1.807, 2.05) is 13.1 Å². The van der Waals surface area contributed by atoms with Gasteiger partial charge in [0.1, 0.15) is 0 Å². The van der Waals surface area contributed by atoms with Crippen molar-refractivity contribution in [2.75, 3.05) is 5.32 Å². The lowest BCUT2D eigenvalue weighted by atomic mass is 10.3. The van der Waals surface area contributed by atoms with Crippen LogP contribution in [0.2, 0.25) is 0 Å². The van der Waals surface area contributed by atoms with E-state index in [0.29, 0.717) is 11.0 Å². The number of anilines is 1. The summed E-state index contributed by atoms with van der Waals surface area (Å²) >= 11 is 4.94. The molecule has 0 saturated heterocycles. The standard InChI is InChI=1S/C11H10BrN3O2S/c1-7-13-5-9(18-7)6-14-11-3-2-8(15(16)17)4-10(11)12/h2-5,14H,6H2,1H3. The summed E-state index contributed by atoms with van der Waals surface area (Å²) in [5.74, 6) is 0. The van der Waals surface area contributed by atoms with Crippen LogP contribution in [0.3, 0.4) is 0 Å². The molecule has 0 saturated carbocycles. The Labute approximate surface area is 116 Å². The van der Waals surface area contributed by atoms with Gasteiger partial charge in [0.05, 0.1) is 16.5 Å². The average Bonchev–Trinajstić information content (AvgIpc) is 2.73. The highest BCUT2D eigenvalue weighted by atomic mass is 79.9. The third-order valence-corrected chi connectivity index (χ3v) is 3.85. The lowest BCUT2D eigenvalue weighted by molar-refractivity contribution is -0.384. The fraction of sp³-hybridized carbons (Fsp3) is 0.182. The van der Waals surface area contributed by atoms with Gasteiger partial charge in [-0.1, -0.05) is 0 Å². The molecular weight excluding hydrogens is 318 g/mol. The molecule has 1 aromatic carbocycles. The van der Waals surface area contributed by atoms with E-state index in [0.717, 1.165) is 15.6 Å². The first-order valence-electron chi connectivity index (χ1n) is 5.15. The summed E-state index contributed by atoms with van der Waals surface area (Å²) in [6.07, 6.45) is 1.83. The second-order valence-corrected chi connectivity index (χ2v) is 5.79. The van der Waals surface area contributed by atoms with E-state index in [1.54, 1.807) is 17.4 Å². The number of aryl methyl sites for hydroxylation is 1. The van der Waals surface area contributed by atoms with Crippen LogP contribution in [0, 0.1) is 17.0 Å². The number of nitro groups is 1. The second kappa shape index (κ2) is 5.45. The van der Waals surface area contributed by atoms with Gasteiger partial charge in [0.15, 0.2) is 0 Å². The molecule has 0 atom stereocenters. The van der Waals surface area contributed by atoms with Crippen molar-refractivity contribution < 1.29 is 4.92 Å². The van der Waals surface area contributed by atoms with Crippen LogP contribution in [0.15, 0.2) is 28.9 Å². The van der Waals surface area contributed by atoms with Gasteiger partial charge >= 0.3 is 0 Å². The molecule has 0 amide bonds. The highest BCUT2D eigenvalue weighted by molar-refractivity contribution is 9.10. The summed E-state index contributed by atoms with van der Waals surface area (Å²) in [7, 11) is 0. The number of hydrogen-bond donors (Lipinski definition) is 1. The van der Waals surface area contributed by atoms with Gasteiger partial charge in [-0.3, -0.25) is 10.1 Å². The minimum absolute atomic E-state index is 0.0704. The molecule has 7 heteroatoms. The molecule has 2 aromatic rings. The van der Waals surface area contributed by atoms with E-state index < -0.39 is 4.92 Å². The molecule has 0 fully saturated rings. The zero-order chi connectivity index (χ0) is 13.1. The molecule has 18 heavy (non-hydrogen) atoms. The van der Waals surface area contributed by atoms with Crippen LogP contribution < -0.4 is 5.32 Å². The molecule has 1 N–H and O–H groups in total. The molecule has 2 rings (SSSR count). The minimum atomic E-state index is -0.416. The van der Waals surface area contributed by atoms with Crippen LogP contribution in [0.5, 0.6) is 0 Å². The number of benzene rings is 1. The molecule has 94 valence electrons. The molecular formula is C11H10BrN3O2S. The van der Waals surface area contributed by atoms with Crippen molar-refractivity contribution in [1.29, 1.82) is 0 Å². The number of nitro benzene ring substituents is 1. The van der Waals surface area contributed by atoms with Crippen molar-refractivity contribution in [3.05, 3.63) is 48.9 Å². The second-order valence-electron chi connectivity index (χ2n) is 3.62. The van der Waals surface area contributed by atoms with Gasteiger partial charge in [-0.15, -0.1) is 11.3 Å². The summed E-state index contributed by atoms with van der Waals surface area (Å²) in [6, 6.07) is 4.65. The first-order valence-corrected chi connectivity index (χ1v) is 6.76. The minimum Gasteiger partial charge on any atom is -0.379 e. The molecule has 5 nitrogen and oxygen atoms in total. The molecule has 0 radical (unpaired) electrons. The first kappa shape index (κ1) is 13.0. The van der Waals surface area contributed by atoms with Gasteiger partial charge in [-0.05, 0) is 28.9 Å². The summed E-state index contributed by atoms with van der Waals surface area (Å²) in [6.45, 7) is 2.61. The van der Waals surface area contributed by atoms with E-state index in [2.05, 4.69) is 26.2 Å². The fourth-order valence-corrected chi connectivity index (χ4v) is 2.67. The molecule has 0 spiro atoms. The van der Waals surface area contributed by atoms with Crippen LogP contribution in [-0.2, 0) is 6.54 Å². The summed E-state index contributed by atoms with van der Waals surface area (Å²) in [5, 5.41) is 14.8. The third kappa shape index (κ3) is 3.05. The highest BCUT2D eigenvalue weighted by Gasteiger charge is 2.09. The van der Waals surface area contributed by atoms with Crippen molar-refractivity contribution in [1.82, 2.24) is 4.98 Å². The number of non-ortho nitro benzene ring substituents is 1. The highest BCUT2D eigenvalue weighted by Crippen LogP contribution is 2.27. The van der Waals surface area contributed by atoms with Gasteiger partial charge in [0, 0.05) is 33.4 Å². The maximum absolute atomic E-state index is 10.6. The Morgan fingerprint density at radius 1 is 1.56 bits per heavy atom. The normalized spacial score (nSPS) is 10.3. The third-order valence-electron chi connectivity index (χ3n) is 2.29. The molecule has 0 bridgehead atoms. The Morgan fingerprint density at radius 3 is 2.89 bits per heavy atom. The van der Waals surface area contributed by atoms with Crippen molar-refractivity contribution in [2.24, 2.45) is 0 Å². The van der Waals surface area contributed by atoms with Gasteiger partial charge in [0.2, 0.25) is 0 Å². The van der Waals surface area contributed by atoms with Gasteiger partial charge in [0.25, 0.3) is 5.69 Å². The van der Waals surface area contributed by atoms with E-state index in [9.17, 15) is 10.1 Å². The number of rotatable bonds is 4. The Morgan fingerprint density at radius 2 is 2.33 bits per heavy atom. The summed E-state index contributed by atoms with van der Waals surface area (Å²) in [4.78, 5) is 15.5. The molecule has 1 aromatic heterocycles. The first-order chi connectivity index (χ1) is 8.56. The average molecular weight is 328 g/mol. The van der Waals surface area contributed by atoms with Crippen LogP contribution >= 0.6 is 27.3 Å². The van der Waals surface area contributed by atoms with E-state index >= 15 is 0 Å². The largest absolute Gasteiger partial charge is 0.379 e. The molecule has 0 aliphatic carbocycles. The summed E-state index contributed by atoms with van der Waals surface area (Å²) < 4.78 is 0.679. The van der Waals surface area contributed by atoms with Crippen LogP contribution in [-0.4, -0.2) is 9.91 Å². The number of nitrogens with zero attached hydrogens (tertiary/aromatic N) is 2. The Balaban J connectivity index is 2.08. The maximum Gasteiger partial charge on any atom is 0.270 e. The Kier molecular flexibility index (Phi) is 3.93. The summed E-state index contributed by atoms with van der Waals surface area (Å²) in [5.41, 5.74) is 0.896. The molecule has 0 aliphatic rings. The molecule has 1 heterocycles. The van der Waals surface area contributed by atoms with Crippen LogP contribution in [0.25, 0.3) is 0 Å². The number of aromatic nitrogens is 1.